The van der Waals surface area contributed by atoms with Gasteiger partial charge >= 0.3 is 0 Å². The highest BCUT2D eigenvalue weighted by molar-refractivity contribution is 7.92. The number of benzene rings is 1. The highest BCUT2D eigenvalue weighted by Crippen LogP contribution is 2.27. The van der Waals surface area contributed by atoms with Crippen molar-refractivity contribution < 1.29 is 8.42 Å². The van der Waals surface area contributed by atoms with Gasteiger partial charge in [-0.2, -0.15) is 8.42 Å². The fourth-order valence-electron chi connectivity index (χ4n) is 2.90. The first-order valence-corrected chi connectivity index (χ1v) is 10.4. The van der Waals surface area contributed by atoms with Gasteiger partial charge in [0.25, 0.3) is 10.0 Å². The average Bonchev–Trinajstić information content (AvgIpc) is 3.31. The van der Waals surface area contributed by atoms with Crippen molar-refractivity contribution >= 4 is 21.4 Å². The SMILES string of the molecule is Cc1ccc(-c2cn3ccccc3n2)cc1NS(=O)(=O)c1cn(C(C)C)cn1. The Bertz CT molecular complexity index is 1220. The monoisotopic (exact) mass is 395 g/mol. The Labute approximate surface area is 163 Å². The van der Waals surface area contributed by atoms with Gasteiger partial charge in [-0.15, -0.1) is 0 Å². The number of pyridine rings is 1. The van der Waals surface area contributed by atoms with Gasteiger partial charge in [-0.3, -0.25) is 4.72 Å². The van der Waals surface area contributed by atoms with Crippen LogP contribution in [0.4, 0.5) is 5.69 Å². The minimum Gasteiger partial charge on any atom is -0.334 e. The van der Waals surface area contributed by atoms with Gasteiger partial charge in [0.15, 0.2) is 5.03 Å². The van der Waals surface area contributed by atoms with Crippen LogP contribution in [-0.4, -0.2) is 27.4 Å². The van der Waals surface area contributed by atoms with E-state index in [9.17, 15) is 8.42 Å². The lowest BCUT2D eigenvalue weighted by Crippen LogP contribution is -2.14. The van der Waals surface area contributed by atoms with Crippen molar-refractivity contribution in [2.45, 2.75) is 31.8 Å². The minimum absolute atomic E-state index is 0.00117. The van der Waals surface area contributed by atoms with Crippen molar-refractivity contribution in [1.29, 1.82) is 0 Å². The van der Waals surface area contributed by atoms with Gasteiger partial charge in [0.05, 0.1) is 17.7 Å². The number of fused-ring (bicyclic) bond motifs is 1. The summed E-state index contributed by atoms with van der Waals surface area (Å²) >= 11 is 0. The zero-order valence-electron chi connectivity index (χ0n) is 15.9. The van der Waals surface area contributed by atoms with Crippen molar-refractivity contribution in [2.24, 2.45) is 0 Å². The molecule has 7 nitrogen and oxygen atoms in total. The standard InChI is InChI=1S/C20H21N5O2S/c1-14(2)25-12-20(21-13-25)28(26,27)23-17-10-16(8-7-15(17)3)18-11-24-9-5-4-6-19(24)22-18/h4-14,23H,1-3H3. The summed E-state index contributed by atoms with van der Waals surface area (Å²) in [5.74, 6) is 0. The van der Waals surface area contributed by atoms with Crippen molar-refractivity contribution in [3.8, 4) is 11.3 Å². The molecule has 0 spiro atoms. The van der Waals surface area contributed by atoms with E-state index in [1.807, 2.05) is 67.9 Å². The number of nitrogens with one attached hydrogen (secondary N) is 1. The topological polar surface area (TPSA) is 81.3 Å². The molecule has 3 heterocycles. The van der Waals surface area contributed by atoms with Crippen LogP contribution in [0.1, 0.15) is 25.5 Å². The molecule has 0 unspecified atom stereocenters. The lowest BCUT2D eigenvalue weighted by Gasteiger charge is -2.10. The van der Waals surface area contributed by atoms with Crippen LogP contribution >= 0.6 is 0 Å². The number of aromatic nitrogens is 4. The van der Waals surface area contributed by atoms with E-state index in [2.05, 4.69) is 14.7 Å². The average molecular weight is 395 g/mol. The predicted molar refractivity (Wildman–Crippen MR) is 109 cm³/mol. The number of hydrogen-bond donors (Lipinski definition) is 1. The molecule has 0 saturated carbocycles. The van der Waals surface area contributed by atoms with E-state index in [0.29, 0.717) is 5.69 Å². The molecule has 144 valence electrons. The Balaban J connectivity index is 1.68. The summed E-state index contributed by atoms with van der Waals surface area (Å²) < 4.78 is 31.9. The fraction of sp³-hybridized carbons (Fsp3) is 0.200. The van der Waals surface area contributed by atoms with Gasteiger partial charge in [0.1, 0.15) is 5.65 Å². The molecule has 28 heavy (non-hydrogen) atoms. The lowest BCUT2D eigenvalue weighted by atomic mass is 10.1. The third-order valence-corrected chi connectivity index (χ3v) is 5.84. The van der Waals surface area contributed by atoms with Crippen LogP contribution in [0, 0.1) is 6.92 Å². The predicted octanol–water partition coefficient (Wildman–Crippen LogP) is 3.89. The van der Waals surface area contributed by atoms with E-state index in [0.717, 1.165) is 22.5 Å². The van der Waals surface area contributed by atoms with Crippen LogP contribution in [0.25, 0.3) is 16.9 Å². The maximum absolute atomic E-state index is 12.8. The normalized spacial score (nSPS) is 12.0. The summed E-state index contributed by atoms with van der Waals surface area (Å²) in [5, 5.41) is -0.00117. The van der Waals surface area contributed by atoms with Gasteiger partial charge in [-0.25, -0.2) is 9.97 Å². The molecule has 0 saturated heterocycles. The fourth-order valence-corrected chi connectivity index (χ4v) is 3.96. The van der Waals surface area contributed by atoms with Crippen molar-refractivity contribution in [2.75, 3.05) is 4.72 Å². The number of rotatable bonds is 5. The van der Waals surface area contributed by atoms with Crippen LogP contribution in [0.5, 0.6) is 0 Å². The molecule has 1 aromatic carbocycles. The molecule has 0 atom stereocenters. The molecule has 0 aliphatic carbocycles. The second kappa shape index (κ2) is 6.79. The third-order valence-electron chi connectivity index (χ3n) is 4.59. The summed E-state index contributed by atoms with van der Waals surface area (Å²) in [6.07, 6.45) is 6.91. The Hall–Kier alpha value is -3.13. The molecular formula is C20H21N5O2S. The zero-order valence-corrected chi connectivity index (χ0v) is 16.7. The lowest BCUT2D eigenvalue weighted by molar-refractivity contribution is 0.591. The number of anilines is 1. The van der Waals surface area contributed by atoms with E-state index < -0.39 is 10.0 Å². The molecule has 0 radical (unpaired) electrons. The minimum atomic E-state index is -3.78. The number of sulfonamides is 1. The first kappa shape index (κ1) is 18.2. The van der Waals surface area contributed by atoms with Gasteiger partial charge in [-0.1, -0.05) is 18.2 Å². The molecule has 0 bridgehead atoms. The molecule has 4 aromatic rings. The van der Waals surface area contributed by atoms with Crippen molar-refractivity contribution in [1.82, 2.24) is 18.9 Å². The summed E-state index contributed by atoms with van der Waals surface area (Å²) in [6.45, 7) is 5.79. The third kappa shape index (κ3) is 3.38. The second-order valence-electron chi connectivity index (χ2n) is 6.98. The number of hydrogen-bond acceptors (Lipinski definition) is 4. The van der Waals surface area contributed by atoms with E-state index in [1.54, 1.807) is 10.6 Å². The number of aryl methyl sites for hydroxylation is 1. The Morgan fingerprint density at radius 3 is 2.64 bits per heavy atom. The van der Waals surface area contributed by atoms with Gasteiger partial charge in [0, 0.05) is 30.2 Å². The van der Waals surface area contributed by atoms with Crippen molar-refractivity contribution in [3.63, 3.8) is 0 Å². The highest BCUT2D eigenvalue weighted by atomic mass is 32.2. The summed E-state index contributed by atoms with van der Waals surface area (Å²) in [6, 6.07) is 11.5. The highest BCUT2D eigenvalue weighted by Gasteiger charge is 2.19. The molecule has 8 heteroatoms. The smallest absolute Gasteiger partial charge is 0.280 e. The van der Waals surface area contributed by atoms with Crippen LogP contribution in [0.2, 0.25) is 0 Å². The molecule has 0 aliphatic heterocycles. The van der Waals surface area contributed by atoms with Gasteiger partial charge in [-0.05, 0) is 44.5 Å². The van der Waals surface area contributed by atoms with Crippen LogP contribution in [0.3, 0.4) is 0 Å². The maximum atomic E-state index is 12.8. The maximum Gasteiger partial charge on any atom is 0.280 e. The molecule has 4 rings (SSSR count). The largest absolute Gasteiger partial charge is 0.334 e. The Morgan fingerprint density at radius 1 is 1.11 bits per heavy atom. The Kier molecular flexibility index (Phi) is 4.43. The summed E-state index contributed by atoms with van der Waals surface area (Å²) in [7, 11) is -3.78. The van der Waals surface area contributed by atoms with Crippen LogP contribution < -0.4 is 4.72 Å². The zero-order chi connectivity index (χ0) is 19.9. The van der Waals surface area contributed by atoms with E-state index in [4.69, 9.17) is 0 Å². The van der Waals surface area contributed by atoms with E-state index in [1.165, 1.54) is 12.5 Å². The van der Waals surface area contributed by atoms with Gasteiger partial charge < -0.3 is 8.97 Å². The number of nitrogens with zero attached hydrogens (tertiary/aromatic N) is 4. The summed E-state index contributed by atoms with van der Waals surface area (Å²) in [5.41, 5.74) is 3.77. The molecular weight excluding hydrogens is 374 g/mol. The quantitative estimate of drug-likeness (QED) is 0.556. The van der Waals surface area contributed by atoms with E-state index >= 15 is 0 Å². The Morgan fingerprint density at radius 2 is 1.93 bits per heavy atom. The van der Waals surface area contributed by atoms with Gasteiger partial charge in [0.2, 0.25) is 0 Å². The van der Waals surface area contributed by atoms with Crippen molar-refractivity contribution in [3.05, 3.63) is 66.9 Å². The molecule has 0 fully saturated rings. The first-order chi connectivity index (χ1) is 13.3. The molecule has 0 amide bonds. The molecule has 3 aromatic heterocycles. The number of imidazole rings is 2. The summed E-state index contributed by atoms with van der Waals surface area (Å²) in [4.78, 5) is 8.64. The van der Waals surface area contributed by atoms with Crippen LogP contribution in [-0.2, 0) is 10.0 Å². The first-order valence-electron chi connectivity index (χ1n) is 8.94. The molecule has 1 N–H and O–H groups in total. The van der Waals surface area contributed by atoms with E-state index in [-0.39, 0.29) is 11.1 Å². The molecule has 0 aliphatic rings. The second-order valence-corrected chi connectivity index (χ2v) is 8.61. The van der Waals surface area contributed by atoms with Crippen LogP contribution in [0.15, 0.2) is 66.3 Å².